The van der Waals surface area contributed by atoms with Crippen molar-refractivity contribution in [2.24, 2.45) is 0 Å². The predicted molar refractivity (Wildman–Crippen MR) is 208 cm³/mol. The average Bonchev–Trinajstić information content (AvgIpc) is 3.05. The van der Waals surface area contributed by atoms with Gasteiger partial charge < -0.3 is 9.47 Å². The third-order valence-electron chi connectivity index (χ3n) is 10.6. The highest BCUT2D eigenvalue weighted by molar-refractivity contribution is 4.91. The van der Waals surface area contributed by atoms with E-state index in [1.165, 1.54) is 180 Å². The van der Waals surface area contributed by atoms with E-state index in [4.69, 9.17) is 9.47 Å². The molecule has 0 saturated carbocycles. The molecule has 46 heavy (non-hydrogen) atoms. The van der Waals surface area contributed by atoms with Crippen molar-refractivity contribution in [2.45, 2.75) is 271 Å². The van der Waals surface area contributed by atoms with Gasteiger partial charge in [0.1, 0.15) is 11.2 Å². The van der Waals surface area contributed by atoms with Crippen LogP contribution >= 0.6 is 0 Å². The molecular formula is C44H88O2. The van der Waals surface area contributed by atoms with Crippen LogP contribution in [-0.2, 0) is 9.47 Å². The van der Waals surface area contributed by atoms with Crippen LogP contribution in [0.15, 0.2) is 12.5 Å². The fraction of sp³-hybridized carbons (Fsp3) is 0.955. The molecule has 0 saturated heterocycles. The minimum absolute atomic E-state index is 0.112. The zero-order valence-electron chi connectivity index (χ0n) is 33.1. The molecule has 276 valence electrons. The molecule has 0 radical (unpaired) electrons. The van der Waals surface area contributed by atoms with E-state index in [0.29, 0.717) is 5.95 Å². The number of hydrogen-bond acceptors (Lipinski definition) is 2. The summed E-state index contributed by atoms with van der Waals surface area (Å²) in [5.74, 6) is 0.654. The average molecular weight is 649 g/mol. The summed E-state index contributed by atoms with van der Waals surface area (Å²) in [7, 11) is 0. The first kappa shape index (κ1) is 45.3. The van der Waals surface area contributed by atoms with Gasteiger partial charge in [-0.2, -0.15) is 0 Å². The van der Waals surface area contributed by atoms with E-state index in [0.717, 1.165) is 38.5 Å². The number of hydrogen-bond donors (Lipinski definition) is 0. The molecular weight excluding hydrogens is 560 g/mol. The Kier molecular flexibility index (Phi) is 32.4. The monoisotopic (exact) mass is 649 g/mol. The van der Waals surface area contributed by atoms with Crippen molar-refractivity contribution in [3.05, 3.63) is 12.5 Å². The smallest absolute Gasteiger partial charge is 0.272 e. The van der Waals surface area contributed by atoms with Gasteiger partial charge in [0.15, 0.2) is 0 Å². The van der Waals surface area contributed by atoms with E-state index in [9.17, 15) is 0 Å². The summed E-state index contributed by atoms with van der Waals surface area (Å²) >= 11 is 0. The van der Waals surface area contributed by atoms with Crippen molar-refractivity contribution >= 4 is 0 Å². The van der Waals surface area contributed by atoms with Crippen LogP contribution in [0.5, 0.6) is 0 Å². The van der Waals surface area contributed by atoms with Crippen molar-refractivity contribution in [1.29, 1.82) is 0 Å². The fourth-order valence-electron chi connectivity index (χ4n) is 7.47. The molecule has 0 unspecified atom stereocenters. The zero-order chi connectivity index (χ0) is 34.0. The Labute approximate surface area is 292 Å². The number of unbranched alkanes of at least 4 members (excludes halogenated alkanes) is 22. The maximum Gasteiger partial charge on any atom is 0.272 e. The van der Waals surface area contributed by atoms with Gasteiger partial charge in [-0.15, -0.1) is 0 Å². The summed E-state index contributed by atoms with van der Waals surface area (Å²) in [6.07, 6.45) is 44.0. The van der Waals surface area contributed by atoms with Crippen molar-refractivity contribution < 1.29 is 9.47 Å². The normalized spacial score (nSPS) is 12.1. The van der Waals surface area contributed by atoms with Gasteiger partial charge in [-0.1, -0.05) is 183 Å². The summed E-state index contributed by atoms with van der Waals surface area (Å²) < 4.78 is 14.3. The quantitative estimate of drug-likeness (QED) is 0.0490. The van der Waals surface area contributed by atoms with Crippen molar-refractivity contribution in [1.82, 2.24) is 0 Å². The summed E-state index contributed by atoms with van der Waals surface area (Å²) in [6.45, 7) is 18.5. The Hall–Kier alpha value is -0.660. The molecule has 0 aromatic carbocycles. The molecule has 0 atom stereocenters. The molecule has 0 N–H and O–H groups in total. The van der Waals surface area contributed by atoms with Crippen LogP contribution in [0, 0.1) is 0 Å². The lowest BCUT2D eigenvalue weighted by atomic mass is 9.84. The van der Waals surface area contributed by atoms with Gasteiger partial charge in [0.05, 0.1) is 0 Å². The molecule has 0 rings (SSSR count). The second-order valence-electron chi connectivity index (χ2n) is 15.2. The first-order valence-electron chi connectivity index (χ1n) is 21.5. The Morgan fingerprint density at radius 3 is 0.739 bits per heavy atom. The number of rotatable bonds is 38. The van der Waals surface area contributed by atoms with Gasteiger partial charge in [-0.25, -0.2) is 0 Å². The topological polar surface area (TPSA) is 18.5 Å². The summed E-state index contributed by atoms with van der Waals surface area (Å²) in [4.78, 5) is 0. The van der Waals surface area contributed by atoms with Crippen molar-refractivity contribution in [2.75, 3.05) is 0 Å². The van der Waals surface area contributed by atoms with Gasteiger partial charge in [0, 0.05) is 0 Å². The largest absolute Gasteiger partial charge is 0.459 e. The molecule has 2 heteroatoms. The van der Waals surface area contributed by atoms with E-state index in [-0.39, 0.29) is 11.2 Å². The highest BCUT2D eigenvalue weighted by atomic mass is 16.7. The Morgan fingerprint density at radius 2 is 0.500 bits per heavy atom. The van der Waals surface area contributed by atoms with E-state index < -0.39 is 0 Å². The Bertz CT molecular complexity index is 541. The molecule has 0 fully saturated rings. The standard InChI is InChI=1S/C44H88O2/c1-8-14-20-24-28-32-38-43(36-18-12-5,39-33-29-25-21-15-9-2)45-42(7)46-44(37-19-13-6,40-34-30-26-22-16-10-3)41-35-31-27-23-17-11-4/h7-41H2,1-6H3. The zero-order valence-corrected chi connectivity index (χ0v) is 33.1. The second-order valence-corrected chi connectivity index (χ2v) is 15.2. The van der Waals surface area contributed by atoms with Gasteiger partial charge in [-0.05, 0) is 83.6 Å². The van der Waals surface area contributed by atoms with Crippen LogP contribution in [0.2, 0.25) is 0 Å². The summed E-state index contributed by atoms with van der Waals surface area (Å²) in [5.41, 5.74) is -0.223. The minimum Gasteiger partial charge on any atom is -0.459 e. The number of ether oxygens (including phenoxy) is 2. The molecule has 0 aliphatic heterocycles. The fourth-order valence-corrected chi connectivity index (χ4v) is 7.47. The summed E-state index contributed by atoms with van der Waals surface area (Å²) in [6, 6.07) is 0. The molecule has 0 aromatic rings. The van der Waals surface area contributed by atoms with E-state index in [1.54, 1.807) is 0 Å². The lowest BCUT2D eigenvalue weighted by molar-refractivity contribution is -0.144. The molecule has 0 bridgehead atoms. The SMILES string of the molecule is C=C(OC(CCCC)(CCCCCCCC)CCCCCCCC)OC(CCCC)(CCCCCCCC)CCCCCCCC. The van der Waals surface area contributed by atoms with Gasteiger partial charge in [-0.3, -0.25) is 0 Å². The maximum atomic E-state index is 7.13. The van der Waals surface area contributed by atoms with E-state index in [2.05, 4.69) is 48.1 Å². The summed E-state index contributed by atoms with van der Waals surface area (Å²) in [5, 5.41) is 0. The van der Waals surface area contributed by atoms with Gasteiger partial charge >= 0.3 is 0 Å². The van der Waals surface area contributed by atoms with Crippen LogP contribution in [0.1, 0.15) is 260 Å². The highest BCUT2D eigenvalue weighted by Gasteiger charge is 2.36. The highest BCUT2D eigenvalue weighted by Crippen LogP contribution is 2.39. The van der Waals surface area contributed by atoms with Gasteiger partial charge in [0.25, 0.3) is 5.95 Å². The molecule has 0 spiro atoms. The van der Waals surface area contributed by atoms with Gasteiger partial charge in [0.2, 0.25) is 0 Å². The molecule has 0 heterocycles. The molecule has 0 amide bonds. The molecule has 0 aliphatic carbocycles. The van der Waals surface area contributed by atoms with Crippen LogP contribution in [-0.4, -0.2) is 11.2 Å². The van der Waals surface area contributed by atoms with E-state index in [1.807, 2.05) is 0 Å². The lowest BCUT2D eigenvalue weighted by Crippen LogP contribution is -2.37. The third-order valence-corrected chi connectivity index (χ3v) is 10.6. The van der Waals surface area contributed by atoms with Crippen LogP contribution in [0.25, 0.3) is 0 Å². The van der Waals surface area contributed by atoms with Crippen LogP contribution < -0.4 is 0 Å². The van der Waals surface area contributed by atoms with Crippen LogP contribution in [0.4, 0.5) is 0 Å². The molecule has 0 aromatic heterocycles. The lowest BCUT2D eigenvalue weighted by Gasteiger charge is -2.40. The second kappa shape index (κ2) is 32.9. The first-order valence-corrected chi connectivity index (χ1v) is 21.5. The molecule has 2 nitrogen and oxygen atoms in total. The Morgan fingerprint density at radius 1 is 0.304 bits per heavy atom. The van der Waals surface area contributed by atoms with Crippen molar-refractivity contribution in [3.8, 4) is 0 Å². The van der Waals surface area contributed by atoms with Crippen molar-refractivity contribution in [3.63, 3.8) is 0 Å². The minimum atomic E-state index is -0.112. The van der Waals surface area contributed by atoms with E-state index >= 15 is 0 Å². The maximum absolute atomic E-state index is 7.13. The molecule has 0 aliphatic rings. The Balaban J connectivity index is 5.82. The first-order chi connectivity index (χ1) is 22.5. The predicted octanol–water partition coefficient (Wildman–Crippen LogP) is 16.4. The third kappa shape index (κ3) is 25.4. The van der Waals surface area contributed by atoms with Crippen LogP contribution in [0.3, 0.4) is 0 Å².